The largest absolute Gasteiger partial charge is 0.499 e. The quantitative estimate of drug-likeness (QED) is 0.421. The smallest absolute Gasteiger partial charge is 0.423 e. The lowest BCUT2D eigenvalue weighted by atomic mass is 9.90. The monoisotopic (exact) mass is 634 g/mol. The average molecular weight is 635 g/mol. The van der Waals surface area contributed by atoms with E-state index < -0.39 is 29.6 Å². The minimum absolute atomic E-state index is 0.0216. The number of nitrogens with zero attached hydrogens (tertiary/aromatic N) is 4. The van der Waals surface area contributed by atoms with Gasteiger partial charge in [0, 0.05) is 49.9 Å². The summed E-state index contributed by atoms with van der Waals surface area (Å²) in [5.74, 6) is -1.89. The summed E-state index contributed by atoms with van der Waals surface area (Å²) in [4.78, 5) is 37.6. The predicted molar refractivity (Wildman–Crippen MR) is 157 cm³/mol. The molecule has 1 aromatic carbocycles. The molecule has 2 aliphatic heterocycles. The molecule has 0 bridgehead atoms. The topological polar surface area (TPSA) is 109 Å². The van der Waals surface area contributed by atoms with Crippen molar-refractivity contribution in [2.45, 2.75) is 51.5 Å². The van der Waals surface area contributed by atoms with Crippen LogP contribution in [0.4, 0.5) is 19.1 Å². The predicted octanol–water partition coefficient (Wildman–Crippen LogP) is 4.93. The van der Waals surface area contributed by atoms with Crippen molar-refractivity contribution >= 4 is 29.4 Å². The van der Waals surface area contributed by atoms with Crippen LogP contribution in [0.25, 0.3) is 0 Å². The van der Waals surface area contributed by atoms with Crippen LogP contribution in [0.5, 0.6) is 11.6 Å². The van der Waals surface area contributed by atoms with E-state index in [1.54, 1.807) is 26.1 Å². The summed E-state index contributed by atoms with van der Waals surface area (Å²) >= 11 is 6.70. The minimum atomic E-state index is -4.83. The Labute approximate surface area is 258 Å². The van der Waals surface area contributed by atoms with Gasteiger partial charge in [-0.25, -0.2) is 4.98 Å². The number of amides is 2. The number of benzene rings is 1. The van der Waals surface area contributed by atoms with Crippen LogP contribution in [0.2, 0.25) is 0 Å². The number of halogens is 4. The summed E-state index contributed by atoms with van der Waals surface area (Å²) in [6, 6.07) is 4.05. The van der Waals surface area contributed by atoms with Gasteiger partial charge in [0.1, 0.15) is 17.1 Å². The van der Waals surface area contributed by atoms with E-state index in [2.05, 4.69) is 32.4 Å². The highest BCUT2D eigenvalue weighted by Crippen LogP contribution is 2.40. The van der Waals surface area contributed by atoms with E-state index in [1.807, 2.05) is 0 Å². The standard InChI is InChI=1S/C30H34ClF3N6O4/c1-5-40-11-9-18(10-12-40)36-26(41)19-13-22(43-4)25(16(2)24(19)31)37-29-35-14-20(30(32,33)34)27(38-29)44-21-8-6-7-17-15-39(3)28(42)23(17)21/h6-8,13-14,16,18,25H,5,9-12,15H2,1-4H3,(H,36,41)(H,35,37,38). The van der Waals surface area contributed by atoms with Crippen molar-refractivity contribution in [3.63, 3.8) is 0 Å². The minimum Gasteiger partial charge on any atom is -0.499 e. The first-order chi connectivity index (χ1) is 20.9. The molecule has 2 N–H and O–H groups in total. The molecule has 14 heteroatoms. The van der Waals surface area contributed by atoms with Crippen molar-refractivity contribution in [3.8, 4) is 11.6 Å². The zero-order valence-corrected chi connectivity index (χ0v) is 25.6. The maximum Gasteiger partial charge on any atom is 0.423 e. The number of rotatable bonds is 8. The summed E-state index contributed by atoms with van der Waals surface area (Å²) < 4.78 is 53.1. The van der Waals surface area contributed by atoms with Gasteiger partial charge in [-0.05, 0) is 37.1 Å². The van der Waals surface area contributed by atoms with E-state index in [-0.39, 0.29) is 45.7 Å². The number of hydrogen-bond acceptors (Lipinski definition) is 8. The van der Waals surface area contributed by atoms with E-state index in [0.29, 0.717) is 24.1 Å². The number of likely N-dealkylation sites (tertiary alicyclic amines) is 1. The van der Waals surface area contributed by atoms with E-state index in [0.717, 1.165) is 32.5 Å². The van der Waals surface area contributed by atoms with Gasteiger partial charge in [-0.15, -0.1) is 0 Å². The highest BCUT2D eigenvalue weighted by molar-refractivity contribution is 6.32. The number of fused-ring (bicyclic) bond motifs is 1. The van der Waals surface area contributed by atoms with Gasteiger partial charge in [-0.3, -0.25) is 9.59 Å². The Hall–Kier alpha value is -3.84. The van der Waals surface area contributed by atoms with Gasteiger partial charge in [-0.1, -0.05) is 37.6 Å². The molecule has 2 atom stereocenters. The van der Waals surface area contributed by atoms with Crippen LogP contribution in [-0.2, 0) is 22.3 Å². The summed E-state index contributed by atoms with van der Waals surface area (Å²) in [5.41, 5.74) is -0.132. The normalized spacial score (nSPS) is 21.2. The third-order valence-corrected chi connectivity index (χ3v) is 8.78. The molecule has 1 fully saturated rings. The van der Waals surface area contributed by atoms with Crippen LogP contribution >= 0.6 is 11.6 Å². The van der Waals surface area contributed by atoms with Crippen molar-refractivity contribution in [2.75, 3.05) is 39.1 Å². The molecule has 1 aliphatic carbocycles. The van der Waals surface area contributed by atoms with Crippen molar-refractivity contribution in [1.82, 2.24) is 25.1 Å². The van der Waals surface area contributed by atoms with Crippen LogP contribution in [0.3, 0.4) is 0 Å². The van der Waals surface area contributed by atoms with Gasteiger partial charge < -0.3 is 29.9 Å². The van der Waals surface area contributed by atoms with Gasteiger partial charge in [0.05, 0.1) is 24.3 Å². The third-order valence-electron chi connectivity index (χ3n) is 8.23. The molecule has 0 saturated carbocycles. The number of nitrogens with one attached hydrogen (secondary N) is 2. The Morgan fingerprint density at radius 1 is 1.23 bits per heavy atom. The molecule has 5 rings (SSSR count). The fourth-order valence-corrected chi connectivity index (χ4v) is 5.92. The molecule has 1 aromatic heterocycles. The maximum atomic E-state index is 14.0. The molecule has 3 aliphatic rings. The van der Waals surface area contributed by atoms with Crippen molar-refractivity contribution in [3.05, 3.63) is 63.5 Å². The van der Waals surface area contributed by atoms with Crippen molar-refractivity contribution in [2.24, 2.45) is 5.92 Å². The highest BCUT2D eigenvalue weighted by atomic mass is 35.5. The van der Waals surface area contributed by atoms with Crippen LogP contribution < -0.4 is 15.4 Å². The number of anilines is 1. The van der Waals surface area contributed by atoms with Crippen molar-refractivity contribution in [1.29, 1.82) is 0 Å². The second-order valence-corrected chi connectivity index (χ2v) is 11.5. The van der Waals surface area contributed by atoms with Crippen molar-refractivity contribution < 1.29 is 32.2 Å². The summed E-state index contributed by atoms with van der Waals surface area (Å²) in [6.45, 7) is 6.93. The zero-order chi connectivity index (χ0) is 31.8. The van der Waals surface area contributed by atoms with Gasteiger partial charge >= 0.3 is 6.18 Å². The van der Waals surface area contributed by atoms with E-state index in [4.69, 9.17) is 21.1 Å². The summed E-state index contributed by atoms with van der Waals surface area (Å²) in [6.07, 6.45) is -1.03. The molecule has 3 heterocycles. The molecular weight excluding hydrogens is 601 g/mol. The molecule has 2 amide bonds. The first kappa shape index (κ1) is 31.6. The van der Waals surface area contributed by atoms with E-state index in [1.165, 1.54) is 24.2 Å². The van der Waals surface area contributed by atoms with Gasteiger partial charge in [0.25, 0.3) is 11.8 Å². The third kappa shape index (κ3) is 6.34. The zero-order valence-electron chi connectivity index (χ0n) is 24.8. The molecule has 10 nitrogen and oxygen atoms in total. The van der Waals surface area contributed by atoms with E-state index in [9.17, 15) is 22.8 Å². The lowest BCUT2D eigenvalue weighted by Crippen LogP contribution is -2.45. The Bertz CT molecular complexity index is 1510. The Kier molecular flexibility index (Phi) is 9.07. The first-order valence-electron chi connectivity index (χ1n) is 14.4. The number of piperidine rings is 1. The SMILES string of the molecule is CCN1CCC(NC(=O)C2=C(Cl)C(C)C(Nc3ncc(C(F)(F)F)c(Oc4cccc5c4C(=O)N(C)C5)n3)C(OC)=C2)CC1. The number of carbonyl (C=O) groups is 2. The molecule has 0 radical (unpaired) electrons. The number of hydrogen-bond donors (Lipinski definition) is 2. The summed E-state index contributed by atoms with van der Waals surface area (Å²) in [5, 5.41) is 6.32. The molecule has 2 unspecified atom stereocenters. The van der Waals surface area contributed by atoms with Gasteiger partial charge in [-0.2, -0.15) is 18.2 Å². The van der Waals surface area contributed by atoms with Crippen LogP contribution in [0.15, 0.2) is 46.8 Å². The summed E-state index contributed by atoms with van der Waals surface area (Å²) in [7, 11) is 3.02. The van der Waals surface area contributed by atoms with Gasteiger partial charge in [0.15, 0.2) is 0 Å². The second kappa shape index (κ2) is 12.6. The van der Waals surface area contributed by atoms with Gasteiger partial charge in [0.2, 0.25) is 11.8 Å². The molecular formula is C30H34ClF3N6O4. The lowest BCUT2D eigenvalue weighted by Gasteiger charge is -2.33. The fraction of sp³-hybridized carbons (Fsp3) is 0.467. The fourth-order valence-electron chi connectivity index (χ4n) is 5.66. The number of carbonyl (C=O) groups excluding carboxylic acids is 2. The molecule has 0 spiro atoms. The number of alkyl halides is 3. The Balaban J connectivity index is 1.38. The second-order valence-electron chi connectivity index (χ2n) is 11.1. The average Bonchev–Trinajstić information content (AvgIpc) is 3.29. The number of methoxy groups -OCH3 is 1. The first-order valence-corrected chi connectivity index (χ1v) is 14.7. The van der Waals surface area contributed by atoms with Crippen LogP contribution in [-0.4, -0.2) is 77.5 Å². The number of aromatic nitrogens is 2. The molecule has 44 heavy (non-hydrogen) atoms. The Morgan fingerprint density at radius 2 is 1.95 bits per heavy atom. The number of ether oxygens (including phenoxy) is 2. The molecule has 236 valence electrons. The lowest BCUT2D eigenvalue weighted by molar-refractivity contribution is -0.139. The Morgan fingerprint density at radius 3 is 2.61 bits per heavy atom. The molecule has 1 saturated heterocycles. The molecule has 2 aromatic rings. The van der Waals surface area contributed by atoms with Crippen LogP contribution in [0, 0.1) is 5.92 Å². The maximum absolute atomic E-state index is 14.0. The van der Waals surface area contributed by atoms with Crippen LogP contribution in [0.1, 0.15) is 48.2 Å². The van der Waals surface area contributed by atoms with E-state index >= 15 is 0 Å². The highest BCUT2D eigenvalue weighted by Gasteiger charge is 2.39.